The molecule has 0 bridgehead atoms. The summed E-state index contributed by atoms with van der Waals surface area (Å²) in [6.07, 6.45) is 4.49. The van der Waals surface area contributed by atoms with E-state index in [0.717, 1.165) is 102 Å². The summed E-state index contributed by atoms with van der Waals surface area (Å²) in [6, 6.07) is 84.8. The monoisotopic (exact) mass is 1470 g/mol. The second-order valence-electron chi connectivity index (χ2n) is 30.6. The lowest BCUT2D eigenvalue weighted by Crippen LogP contribution is -2.29. The van der Waals surface area contributed by atoms with Crippen LogP contribution in [-0.4, -0.2) is 0 Å². The van der Waals surface area contributed by atoms with Gasteiger partial charge < -0.3 is 19.3 Å². The van der Waals surface area contributed by atoms with Crippen LogP contribution in [0.25, 0.3) is 34.4 Å². The normalized spacial score (nSPS) is 17.6. The standard InChI is InChI=1S/C99H70F8N2O2/c1-7-59-17-37-71(38-18-59)110-73-41-25-63(26-42-73)98(61-21-29-65(100)30-22-61)79-15-11-9-13-75(79)77-45-33-67(53-83(77)98)108(93-89(104)51-49-87(102)91(93)106)69-35-47-81-85(55-69)97(57-95(81,3)4)58-96(5,6)82-48-36-70(56-86(82)97)109(94-90(105)52-50-88(103)92(94)107)68-34-46-78-76-14-10-12-16-80(76)99(84(78)54-68,62-23-31-66(101)32-24-62)64-27-43-74(44-28-64)111-72-39-19-60(8-2)20-40-72/h7-56H,1-2,57-58H2,3-6H3. The van der Waals surface area contributed by atoms with Gasteiger partial charge in [-0.15, -0.1) is 0 Å². The average Bonchev–Trinajstić information content (AvgIpc) is 1.54. The highest BCUT2D eigenvalue weighted by Gasteiger charge is 2.57. The maximum Gasteiger partial charge on any atom is 0.185 e. The van der Waals surface area contributed by atoms with E-state index in [-0.39, 0.29) is 22.7 Å². The number of hydrogen-bond donors (Lipinski definition) is 0. The van der Waals surface area contributed by atoms with Gasteiger partial charge in [-0.25, -0.2) is 35.1 Å². The van der Waals surface area contributed by atoms with Crippen molar-refractivity contribution in [1.29, 1.82) is 0 Å². The lowest BCUT2D eigenvalue weighted by Gasteiger charge is -2.35. The molecule has 0 radical (unpaired) electrons. The highest BCUT2D eigenvalue weighted by atomic mass is 19.2. The molecule has 544 valence electrons. The third kappa shape index (κ3) is 11.0. The minimum absolute atomic E-state index is 0.271. The molecule has 12 heteroatoms. The molecule has 14 aromatic carbocycles. The zero-order valence-electron chi connectivity index (χ0n) is 60.9. The van der Waals surface area contributed by atoms with Crippen LogP contribution in [0, 0.1) is 46.5 Å². The predicted octanol–water partition coefficient (Wildman–Crippen LogP) is 27.0. The Morgan fingerprint density at radius 2 is 0.595 bits per heavy atom. The maximum atomic E-state index is 17.5. The third-order valence-electron chi connectivity index (χ3n) is 23.4. The first-order valence-electron chi connectivity index (χ1n) is 36.8. The summed E-state index contributed by atoms with van der Waals surface area (Å²) in [4.78, 5) is 2.86. The lowest BCUT2D eigenvalue weighted by atomic mass is 9.67. The molecule has 4 nitrogen and oxygen atoms in total. The fourth-order valence-electron chi connectivity index (χ4n) is 18.8. The van der Waals surface area contributed by atoms with Crippen molar-refractivity contribution in [1.82, 2.24) is 0 Å². The summed E-state index contributed by atoms with van der Waals surface area (Å²) in [5.41, 5.74) is 9.94. The SMILES string of the molecule is C=Cc1ccc(Oc2ccc(C3(c4ccc(F)cc4)c4ccccc4-c4ccc(N(c5ccc6c(c5)C5(CC6(C)C)CC(C)(C)c6ccc(N(c7ccc8c(c7)C(c7ccc(F)cc7)(c7ccc(Oc9ccc(C=C)cc9)cc7)c7ccccc7-8)c7c(F)ccc(F)c7F)cc65)c5c(F)ccc(F)c5F)cc43)cc2)cc1. The summed E-state index contributed by atoms with van der Waals surface area (Å²) >= 11 is 0. The van der Waals surface area contributed by atoms with Gasteiger partial charge in [0.25, 0.3) is 0 Å². The van der Waals surface area contributed by atoms with Crippen LogP contribution in [0.2, 0.25) is 0 Å². The second kappa shape index (κ2) is 26.2. The first-order valence-corrected chi connectivity index (χ1v) is 36.8. The molecular formula is C99H70F8N2O2. The number of anilines is 6. The molecule has 2 unspecified atom stereocenters. The van der Waals surface area contributed by atoms with E-state index in [1.807, 2.05) is 194 Å². The summed E-state index contributed by atoms with van der Waals surface area (Å²) in [6.45, 7) is 16.3. The van der Waals surface area contributed by atoms with E-state index in [2.05, 4.69) is 40.9 Å². The highest BCUT2D eigenvalue weighted by molar-refractivity contribution is 5.92. The Hall–Kier alpha value is -12.8. The molecule has 2 atom stereocenters. The quantitative estimate of drug-likeness (QED) is 0.0711. The van der Waals surface area contributed by atoms with Crippen LogP contribution in [0.4, 0.5) is 69.2 Å². The molecule has 0 aliphatic heterocycles. The van der Waals surface area contributed by atoms with Crippen molar-refractivity contribution in [3.8, 4) is 45.3 Å². The fourth-order valence-corrected chi connectivity index (χ4v) is 18.8. The topological polar surface area (TPSA) is 24.9 Å². The van der Waals surface area contributed by atoms with Crippen molar-refractivity contribution in [3.63, 3.8) is 0 Å². The molecule has 0 aromatic heterocycles. The zero-order chi connectivity index (χ0) is 76.6. The number of halogens is 8. The van der Waals surface area contributed by atoms with Gasteiger partial charge in [0.2, 0.25) is 0 Å². The van der Waals surface area contributed by atoms with E-state index >= 15 is 35.1 Å². The third-order valence-corrected chi connectivity index (χ3v) is 23.4. The summed E-state index contributed by atoms with van der Waals surface area (Å²) < 4.78 is 146. The smallest absolute Gasteiger partial charge is 0.185 e. The van der Waals surface area contributed by atoms with Gasteiger partial charge in [-0.3, -0.25) is 0 Å². The van der Waals surface area contributed by atoms with Crippen LogP contribution < -0.4 is 19.3 Å². The van der Waals surface area contributed by atoms with Crippen molar-refractivity contribution in [2.75, 3.05) is 9.80 Å². The average molecular weight is 1470 g/mol. The van der Waals surface area contributed by atoms with Crippen LogP contribution in [0.15, 0.2) is 304 Å². The van der Waals surface area contributed by atoms with Gasteiger partial charge in [-0.2, -0.15) is 0 Å². The summed E-state index contributed by atoms with van der Waals surface area (Å²) in [7, 11) is 0. The van der Waals surface area contributed by atoms with Gasteiger partial charge >= 0.3 is 0 Å². The van der Waals surface area contributed by atoms with Crippen molar-refractivity contribution >= 4 is 46.3 Å². The first kappa shape index (κ1) is 69.9. The Morgan fingerprint density at radius 1 is 0.297 bits per heavy atom. The number of fused-ring (bicyclic) bond motifs is 10. The van der Waals surface area contributed by atoms with Gasteiger partial charge in [0.05, 0.1) is 10.8 Å². The van der Waals surface area contributed by atoms with Crippen LogP contribution >= 0.6 is 0 Å². The lowest BCUT2D eigenvalue weighted by molar-refractivity contribution is 0.349. The fraction of sp³-hybridized carbons (Fsp3) is 0.111. The number of nitrogens with zero attached hydrogens (tertiary/aromatic N) is 2. The number of hydrogen-bond acceptors (Lipinski definition) is 4. The second-order valence-corrected chi connectivity index (χ2v) is 30.6. The Kier molecular flexibility index (Phi) is 16.5. The van der Waals surface area contributed by atoms with Crippen LogP contribution in [-0.2, 0) is 27.1 Å². The molecule has 0 fully saturated rings. The van der Waals surface area contributed by atoms with E-state index in [1.54, 1.807) is 60.7 Å². The van der Waals surface area contributed by atoms with Crippen molar-refractivity contribution in [2.45, 2.75) is 67.6 Å². The van der Waals surface area contributed by atoms with Crippen molar-refractivity contribution in [3.05, 3.63) is 429 Å². The van der Waals surface area contributed by atoms with Gasteiger partial charge in [-0.1, -0.05) is 199 Å². The van der Waals surface area contributed by atoms with Gasteiger partial charge in [-0.05, 0) is 269 Å². The van der Waals surface area contributed by atoms with Gasteiger partial charge in [0.15, 0.2) is 23.3 Å². The largest absolute Gasteiger partial charge is 0.457 e. The molecule has 14 aromatic rings. The predicted molar refractivity (Wildman–Crippen MR) is 426 cm³/mol. The minimum atomic E-state index is -1.43. The molecule has 0 N–H and O–H groups in total. The number of rotatable bonds is 16. The van der Waals surface area contributed by atoms with Crippen molar-refractivity contribution in [2.24, 2.45) is 0 Å². The van der Waals surface area contributed by atoms with Crippen LogP contribution in [0.1, 0.15) is 118 Å². The molecular weight excluding hydrogens is 1400 g/mol. The van der Waals surface area contributed by atoms with E-state index in [9.17, 15) is 0 Å². The van der Waals surface area contributed by atoms with E-state index in [0.29, 0.717) is 58.1 Å². The first-order chi connectivity index (χ1) is 53.6. The van der Waals surface area contributed by atoms with Gasteiger partial charge in [0.1, 0.15) is 57.6 Å². The molecule has 0 heterocycles. The molecule has 0 saturated carbocycles. The number of ether oxygens (including phenoxy) is 2. The molecule has 4 aliphatic rings. The Morgan fingerprint density at radius 3 is 0.946 bits per heavy atom. The van der Waals surface area contributed by atoms with E-state index in [4.69, 9.17) is 9.47 Å². The highest BCUT2D eigenvalue weighted by Crippen LogP contribution is 2.66. The van der Waals surface area contributed by atoms with Crippen LogP contribution in [0.3, 0.4) is 0 Å². The maximum absolute atomic E-state index is 17.5. The summed E-state index contributed by atoms with van der Waals surface area (Å²) in [5.74, 6) is -6.09. The Labute approximate surface area is 638 Å². The molecule has 18 rings (SSSR count). The Balaban J connectivity index is 0.810. The van der Waals surface area contributed by atoms with Crippen molar-refractivity contribution < 1.29 is 44.6 Å². The minimum Gasteiger partial charge on any atom is -0.457 e. The summed E-state index contributed by atoms with van der Waals surface area (Å²) in [5, 5.41) is 0. The number of benzene rings is 14. The molecule has 4 aliphatic carbocycles. The molecule has 0 saturated heterocycles. The zero-order valence-corrected chi connectivity index (χ0v) is 60.9. The van der Waals surface area contributed by atoms with E-state index < -0.39 is 85.0 Å². The van der Waals surface area contributed by atoms with Crippen LogP contribution in [0.5, 0.6) is 23.0 Å². The molecule has 111 heavy (non-hydrogen) atoms. The van der Waals surface area contributed by atoms with Gasteiger partial charge in [0, 0.05) is 28.2 Å². The molecule has 1 spiro atoms. The Bertz CT molecular complexity index is 5740. The molecule has 0 amide bonds. The van der Waals surface area contributed by atoms with E-state index in [1.165, 1.54) is 34.1 Å².